The first-order valence-electron chi connectivity index (χ1n) is 8.35. The fourth-order valence-electron chi connectivity index (χ4n) is 3.33. The molecule has 0 aromatic heterocycles. The molecule has 4 heteroatoms. The van der Waals surface area contributed by atoms with Crippen molar-refractivity contribution in [2.45, 2.75) is 25.4 Å². The Kier molecular flexibility index (Phi) is 5.16. The van der Waals surface area contributed by atoms with Gasteiger partial charge in [0.2, 0.25) is 5.91 Å². The normalized spacial score (nSPS) is 16.0. The van der Waals surface area contributed by atoms with E-state index >= 15 is 0 Å². The number of methoxy groups -OCH3 is 1. The third-order valence-corrected chi connectivity index (χ3v) is 4.68. The molecule has 0 heterocycles. The van der Waals surface area contributed by atoms with Crippen LogP contribution in [0.1, 0.15) is 29.2 Å². The average molecular weight is 324 g/mol. The number of carbonyl (C=O) groups excluding carboxylic acids is 1. The van der Waals surface area contributed by atoms with Gasteiger partial charge in [0.15, 0.2) is 0 Å². The van der Waals surface area contributed by atoms with Gasteiger partial charge >= 0.3 is 0 Å². The summed E-state index contributed by atoms with van der Waals surface area (Å²) >= 11 is 0. The van der Waals surface area contributed by atoms with Crippen molar-refractivity contribution in [1.29, 1.82) is 0 Å². The van der Waals surface area contributed by atoms with Crippen LogP contribution in [0, 0.1) is 0 Å². The molecule has 0 aliphatic heterocycles. The lowest BCUT2D eigenvalue weighted by Crippen LogP contribution is -2.36. The molecule has 0 saturated carbocycles. The van der Waals surface area contributed by atoms with Crippen LogP contribution >= 0.6 is 0 Å². The molecule has 1 atom stereocenters. The highest BCUT2D eigenvalue weighted by Gasteiger charge is 2.26. The SMILES string of the molecule is COc1ccc(CNC(=O)CN(C)C2CCc3ccccc32)cc1. The van der Waals surface area contributed by atoms with Crippen molar-refractivity contribution >= 4 is 5.91 Å². The number of hydrogen-bond acceptors (Lipinski definition) is 3. The third kappa shape index (κ3) is 3.77. The molecule has 2 aromatic carbocycles. The number of carbonyl (C=O) groups is 1. The number of fused-ring (bicyclic) bond motifs is 1. The minimum atomic E-state index is 0.0534. The van der Waals surface area contributed by atoms with Gasteiger partial charge in [0.05, 0.1) is 13.7 Å². The van der Waals surface area contributed by atoms with Gasteiger partial charge in [-0.3, -0.25) is 9.69 Å². The number of ether oxygens (including phenoxy) is 1. The van der Waals surface area contributed by atoms with Gasteiger partial charge in [-0.2, -0.15) is 0 Å². The van der Waals surface area contributed by atoms with Gasteiger partial charge in [-0.1, -0.05) is 36.4 Å². The van der Waals surface area contributed by atoms with E-state index in [1.165, 1.54) is 11.1 Å². The molecular weight excluding hydrogens is 300 g/mol. The molecule has 0 saturated heterocycles. The smallest absolute Gasteiger partial charge is 0.234 e. The van der Waals surface area contributed by atoms with Crippen LogP contribution in [0.4, 0.5) is 0 Å². The van der Waals surface area contributed by atoms with Crippen molar-refractivity contribution in [3.63, 3.8) is 0 Å². The van der Waals surface area contributed by atoms with E-state index in [4.69, 9.17) is 4.74 Å². The minimum absolute atomic E-state index is 0.0534. The van der Waals surface area contributed by atoms with Crippen LogP contribution in [0.5, 0.6) is 5.75 Å². The number of benzene rings is 2. The Morgan fingerprint density at radius 2 is 1.96 bits per heavy atom. The molecule has 1 amide bonds. The number of hydrogen-bond donors (Lipinski definition) is 1. The molecule has 0 bridgehead atoms. The summed E-state index contributed by atoms with van der Waals surface area (Å²) in [6.07, 6.45) is 2.18. The van der Waals surface area contributed by atoms with E-state index in [0.717, 1.165) is 24.2 Å². The van der Waals surface area contributed by atoms with E-state index in [1.54, 1.807) is 7.11 Å². The van der Waals surface area contributed by atoms with E-state index in [0.29, 0.717) is 19.1 Å². The van der Waals surface area contributed by atoms with Gasteiger partial charge in [-0.15, -0.1) is 0 Å². The van der Waals surface area contributed by atoms with Crippen LogP contribution in [0.2, 0.25) is 0 Å². The van der Waals surface area contributed by atoms with E-state index in [9.17, 15) is 4.79 Å². The van der Waals surface area contributed by atoms with Gasteiger partial charge in [-0.25, -0.2) is 0 Å². The number of rotatable bonds is 6. The molecule has 3 rings (SSSR count). The highest BCUT2D eigenvalue weighted by Crippen LogP contribution is 2.34. The van der Waals surface area contributed by atoms with E-state index < -0.39 is 0 Å². The zero-order chi connectivity index (χ0) is 16.9. The fourth-order valence-corrected chi connectivity index (χ4v) is 3.33. The summed E-state index contributed by atoms with van der Waals surface area (Å²) < 4.78 is 5.14. The summed E-state index contributed by atoms with van der Waals surface area (Å²) in [4.78, 5) is 14.4. The molecule has 0 radical (unpaired) electrons. The van der Waals surface area contributed by atoms with Crippen LogP contribution < -0.4 is 10.1 Å². The summed E-state index contributed by atoms with van der Waals surface area (Å²) in [6.45, 7) is 0.951. The van der Waals surface area contributed by atoms with Crippen LogP contribution in [-0.2, 0) is 17.8 Å². The molecule has 0 fully saturated rings. The Hall–Kier alpha value is -2.33. The zero-order valence-corrected chi connectivity index (χ0v) is 14.3. The van der Waals surface area contributed by atoms with Crippen molar-refractivity contribution in [3.05, 3.63) is 65.2 Å². The molecule has 4 nitrogen and oxygen atoms in total. The molecule has 24 heavy (non-hydrogen) atoms. The van der Waals surface area contributed by atoms with Gasteiger partial charge in [0.25, 0.3) is 0 Å². The molecular formula is C20H24N2O2. The summed E-state index contributed by atoms with van der Waals surface area (Å²) in [5.41, 5.74) is 3.84. The topological polar surface area (TPSA) is 41.6 Å². The first-order valence-corrected chi connectivity index (χ1v) is 8.35. The van der Waals surface area contributed by atoms with Crippen LogP contribution in [0.3, 0.4) is 0 Å². The molecule has 1 aliphatic carbocycles. The number of nitrogens with one attached hydrogen (secondary N) is 1. The monoisotopic (exact) mass is 324 g/mol. The predicted octanol–water partition coefficient (Wildman–Crippen LogP) is 2.93. The Bertz CT molecular complexity index is 697. The lowest BCUT2D eigenvalue weighted by molar-refractivity contribution is -0.122. The highest BCUT2D eigenvalue weighted by molar-refractivity contribution is 5.78. The predicted molar refractivity (Wildman–Crippen MR) is 95.0 cm³/mol. The fraction of sp³-hybridized carbons (Fsp3) is 0.350. The molecule has 1 aliphatic rings. The number of aryl methyl sites for hydroxylation is 1. The van der Waals surface area contributed by atoms with Gasteiger partial charge < -0.3 is 10.1 Å². The van der Waals surface area contributed by atoms with Crippen molar-refractivity contribution in [3.8, 4) is 5.75 Å². The maximum atomic E-state index is 12.2. The van der Waals surface area contributed by atoms with E-state index in [1.807, 2.05) is 31.3 Å². The minimum Gasteiger partial charge on any atom is -0.497 e. The Balaban J connectivity index is 1.51. The van der Waals surface area contributed by atoms with Crippen molar-refractivity contribution in [2.75, 3.05) is 20.7 Å². The number of amides is 1. The summed E-state index contributed by atoms with van der Waals surface area (Å²) in [6, 6.07) is 16.6. The Labute approximate surface area is 143 Å². The standard InChI is InChI=1S/C20H24N2O2/c1-22(19-12-9-16-5-3-4-6-18(16)19)14-20(23)21-13-15-7-10-17(24-2)11-8-15/h3-8,10-11,19H,9,12-14H2,1-2H3,(H,21,23). The Morgan fingerprint density at radius 3 is 2.71 bits per heavy atom. The van der Waals surface area contributed by atoms with E-state index in [-0.39, 0.29) is 5.91 Å². The summed E-state index contributed by atoms with van der Waals surface area (Å²) in [5.74, 6) is 0.877. The van der Waals surface area contributed by atoms with Crippen LogP contribution in [0.15, 0.2) is 48.5 Å². The van der Waals surface area contributed by atoms with Crippen LogP contribution in [0.25, 0.3) is 0 Å². The molecule has 1 N–H and O–H groups in total. The second-order valence-corrected chi connectivity index (χ2v) is 6.29. The highest BCUT2D eigenvalue weighted by atomic mass is 16.5. The summed E-state index contributed by atoms with van der Waals surface area (Å²) in [5, 5.41) is 2.99. The quantitative estimate of drug-likeness (QED) is 0.888. The molecule has 0 spiro atoms. The van der Waals surface area contributed by atoms with Gasteiger partial charge in [0.1, 0.15) is 5.75 Å². The average Bonchev–Trinajstić information content (AvgIpc) is 3.04. The molecule has 126 valence electrons. The molecule has 2 aromatic rings. The second kappa shape index (κ2) is 7.49. The lowest BCUT2D eigenvalue weighted by atomic mass is 10.1. The van der Waals surface area contributed by atoms with E-state index in [2.05, 4.69) is 34.5 Å². The molecule has 1 unspecified atom stereocenters. The zero-order valence-electron chi connectivity index (χ0n) is 14.3. The van der Waals surface area contributed by atoms with Gasteiger partial charge in [0, 0.05) is 12.6 Å². The number of nitrogens with zero attached hydrogens (tertiary/aromatic N) is 1. The maximum Gasteiger partial charge on any atom is 0.234 e. The summed E-state index contributed by atoms with van der Waals surface area (Å²) in [7, 11) is 3.67. The Morgan fingerprint density at radius 1 is 1.21 bits per heavy atom. The largest absolute Gasteiger partial charge is 0.497 e. The number of likely N-dealkylation sites (N-methyl/N-ethyl adjacent to an activating group) is 1. The first-order chi connectivity index (χ1) is 11.7. The van der Waals surface area contributed by atoms with Crippen molar-refractivity contribution in [1.82, 2.24) is 10.2 Å². The van der Waals surface area contributed by atoms with Crippen LogP contribution in [-0.4, -0.2) is 31.5 Å². The third-order valence-electron chi connectivity index (χ3n) is 4.68. The van der Waals surface area contributed by atoms with Crippen molar-refractivity contribution < 1.29 is 9.53 Å². The lowest BCUT2D eigenvalue weighted by Gasteiger charge is -2.24. The second-order valence-electron chi connectivity index (χ2n) is 6.29. The van der Waals surface area contributed by atoms with Gasteiger partial charge in [-0.05, 0) is 48.7 Å². The van der Waals surface area contributed by atoms with Crippen molar-refractivity contribution in [2.24, 2.45) is 0 Å². The first kappa shape index (κ1) is 16.5. The maximum absolute atomic E-state index is 12.2.